The predicted octanol–water partition coefficient (Wildman–Crippen LogP) is 5.29. The first-order valence-corrected chi connectivity index (χ1v) is 8.54. The number of esters is 1. The Bertz CT molecular complexity index is 948. The molecule has 26 heavy (non-hydrogen) atoms. The molecule has 6 heteroatoms. The minimum Gasteiger partial charge on any atom is -0.489 e. The number of ether oxygens (including phenoxy) is 2. The van der Waals surface area contributed by atoms with Crippen LogP contribution in [0.2, 0.25) is 10.0 Å². The molecule has 0 fully saturated rings. The Labute approximate surface area is 161 Å². The van der Waals surface area contributed by atoms with Gasteiger partial charge in [-0.05, 0) is 42.8 Å². The normalized spacial score (nSPS) is 15.0. The number of carbonyl (C=O) groups excluding carboxylic acids is 1. The molecule has 0 aliphatic carbocycles. The first kappa shape index (κ1) is 18.2. The van der Waals surface area contributed by atoms with Gasteiger partial charge in [0.1, 0.15) is 12.4 Å². The monoisotopic (exact) mass is 387 g/mol. The van der Waals surface area contributed by atoms with E-state index >= 15 is 0 Å². The van der Waals surface area contributed by atoms with E-state index in [1.807, 2.05) is 31.2 Å². The second kappa shape index (κ2) is 7.77. The van der Waals surface area contributed by atoms with E-state index in [-0.39, 0.29) is 11.6 Å². The molecule has 1 aliphatic rings. The first-order chi connectivity index (χ1) is 12.4. The molecule has 2 aromatic carbocycles. The molecular formula is C20H15Cl2NO3. The largest absolute Gasteiger partial charge is 0.489 e. The van der Waals surface area contributed by atoms with E-state index in [0.717, 1.165) is 11.1 Å². The fourth-order valence-electron chi connectivity index (χ4n) is 2.24. The van der Waals surface area contributed by atoms with Crippen LogP contribution >= 0.6 is 23.2 Å². The van der Waals surface area contributed by atoms with Crippen LogP contribution < -0.4 is 4.74 Å². The Hall–Kier alpha value is -2.56. The van der Waals surface area contributed by atoms with Crippen LogP contribution in [0.5, 0.6) is 5.75 Å². The molecule has 132 valence electrons. The maximum absolute atomic E-state index is 12.2. The average Bonchev–Trinajstić information content (AvgIpc) is 2.97. The van der Waals surface area contributed by atoms with Crippen LogP contribution in [0.3, 0.4) is 0 Å². The van der Waals surface area contributed by atoms with Gasteiger partial charge in [0.05, 0.1) is 10.0 Å². The molecular weight excluding hydrogens is 373 g/mol. The molecule has 4 nitrogen and oxygen atoms in total. The van der Waals surface area contributed by atoms with Gasteiger partial charge in [0, 0.05) is 11.1 Å². The van der Waals surface area contributed by atoms with Gasteiger partial charge in [0.15, 0.2) is 5.70 Å². The maximum Gasteiger partial charge on any atom is 0.363 e. The summed E-state index contributed by atoms with van der Waals surface area (Å²) in [6.45, 7) is 6.08. The highest BCUT2D eigenvalue weighted by Crippen LogP contribution is 2.27. The maximum atomic E-state index is 12.2. The third-order valence-electron chi connectivity index (χ3n) is 3.47. The Morgan fingerprint density at radius 3 is 2.73 bits per heavy atom. The summed E-state index contributed by atoms with van der Waals surface area (Å²) in [7, 11) is 0. The summed E-state index contributed by atoms with van der Waals surface area (Å²) in [5.41, 5.74) is 2.37. The van der Waals surface area contributed by atoms with Gasteiger partial charge in [0.25, 0.3) is 0 Å². The van der Waals surface area contributed by atoms with Gasteiger partial charge >= 0.3 is 5.97 Å². The van der Waals surface area contributed by atoms with Crippen molar-refractivity contribution in [3.63, 3.8) is 0 Å². The van der Waals surface area contributed by atoms with Crippen LogP contribution in [0.15, 0.2) is 65.3 Å². The van der Waals surface area contributed by atoms with Crippen LogP contribution in [-0.4, -0.2) is 18.5 Å². The van der Waals surface area contributed by atoms with E-state index < -0.39 is 5.97 Å². The van der Waals surface area contributed by atoms with Gasteiger partial charge < -0.3 is 9.47 Å². The summed E-state index contributed by atoms with van der Waals surface area (Å²) in [6, 6.07) is 12.3. The number of nitrogens with zero attached hydrogens (tertiary/aromatic N) is 1. The topological polar surface area (TPSA) is 47.9 Å². The minimum absolute atomic E-state index is 0.178. The molecule has 0 N–H and O–H groups in total. The Morgan fingerprint density at radius 1 is 1.23 bits per heavy atom. The zero-order valence-corrected chi connectivity index (χ0v) is 15.5. The smallest absolute Gasteiger partial charge is 0.363 e. The summed E-state index contributed by atoms with van der Waals surface area (Å²) in [6.07, 6.45) is 1.63. The zero-order chi connectivity index (χ0) is 18.7. The van der Waals surface area contributed by atoms with Crippen molar-refractivity contribution in [2.75, 3.05) is 6.61 Å². The fourth-order valence-corrected chi connectivity index (χ4v) is 2.54. The Morgan fingerprint density at radius 2 is 2.00 bits per heavy atom. The summed E-state index contributed by atoms with van der Waals surface area (Å²) < 4.78 is 11.0. The third-order valence-corrected chi connectivity index (χ3v) is 4.21. The molecule has 0 unspecified atom stereocenters. The first-order valence-electron chi connectivity index (χ1n) is 7.78. The third kappa shape index (κ3) is 4.15. The van der Waals surface area contributed by atoms with E-state index in [0.29, 0.717) is 28.0 Å². The highest BCUT2D eigenvalue weighted by atomic mass is 35.5. The molecule has 2 aromatic rings. The number of rotatable bonds is 5. The molecule has 0 spiro atoms. The van der Waals surface area contributed by atoms with Gasteiger partial charge in [0.2, 0.25) is 5.90 Å². The lowest BCUT2D eigenvalue weighted by Gasteiger charge is -2.08. The second-order valence-corrected chi connectivity index (χ2v) is 6.56. The highest BCUT2D eigenvalue weighted by Gasteiger charge is 2.25. The number of halogens is 2. The molecule has 0 atom stereocenters. The molecule has 1 heterocycles. The molecule has 0 saturated heterocycles. The van der Waals surface area contributed by atoms with Crippen molar-refractivity contribution in [2.24, 2.45) is 4.99 Å². The lowest BCUT2D eigenvalue weighted by atomic mass is 10.1. The number of para-hydroxylation sites is 1. The van der Waals surface area contributed by atoms with E-state index in [1.54, 1.807) is 24.3 Å². The standard InChI is InChI=1S/C20H15Cl2NO3/c1-12(2)11-25-18-6-4-3-5-13(18)10-17-20(24)26-19(23-17)14-7-8-15(21)16(22)9-14/h3-10H,1,11H2,2H3/b17-10-. The van der Waals surface area contributed by atoms with Gasteiger partial charge in [-0.1, -0.05) is 48.0 Å². The quantitative estimate of drug-likeness (QED) is 0.397. The summed E-state index contributed by atoms with van der Waals surface area (Å²) >= 11 is 11.9. The van der Waals surface area contributed by atoms with Crippen molar-refractivity contribution >= 4 is 41.1 Å². The number of carbonyl (C=O) groups is 1. The molecule has 0 saturated carbocycles. The van der Waals surface area contributed by atoms with Gasteiger partial charge in [-0.25, -0.2) is 9.79 Å². The lowest BCUT2D eigenvalue weighted by molar-refractivity contribution is -0.129. The van der Waals surface area contributed by atoms with E-state index in [2.05, 4.69) is 11.6 Å². The van der Waals surface area contributed by atoms with Crippen molar-refractivity contribution in [1.82, 2.24) is 0 Å². The summed E-state index contributed by atoms with van der Waals surface area (Å²) in [5, 5.41) is 0.776. The van der Waals surface area contributed by atoms with Crippen molar-refractivity contribution < 1.29 is 14.3 Å². The van der Waals surface area contributed by atoms with Crippen LogP contribution in [0, 0.1) is 0 Å². The zero-order valence-electron chi connectivity index (χ0n) is 14.0. The molecule has 0 radical (unpaired) electrons. The number of hydrogen-bond donors (Lipinski definition) is 0. The molecule has 0 bridgehead atoms. The van der Waals surface area contributed by atoms with Crippen molar-refractivity contribution in [3.8, 4) is 5.75 Å². The predicted molar refractivity (Wildman–Crippen MR) is 104 cm³/mol. The summed E-state index contributed by atoms with van der Waals surface area (Å²) in [4.78, 5) is 16.4. The molecule has 0 amide bonds. The van der Waals surface area contributed by atoms with Crippen molar-refractivity contribution in [3.05, 3.63) is 81.5 Å². The lowest BCUT2D eigenvalue weighted by Crippen LogP contribution is -2.05. The second-order valence-electron chi connectivity index (χ2n) is 5.75. The van der Waals surface area contributed by atoms with Gasteiger partial charge in [-0.2, -0.15) is 0 Å². The number of benzene rings is 2. The number of cyclic esters (lactones) is 1. The van der Waals surface area contributed by atoms with Crippen LogP contribution in [0.4, 0.5) is 0 Å². The highest BCUT2D eigenvalue weighted by molar-refractivity contribution is 6.42. The SMILES string of the molecule is C=C(C)COc1ccccc1/C=C1\N=C(c2ccc(Cl)c(Cl)c2)OC1=O. The van der Waals surface area contributed by atoms with Crippen LogP contribution in [-0.2, 0) is 9.53 Å². The van der Waals surface area contributed by atoms with E-state index in [1.165, 1.54) is 0 Å². The van der Waals surface area contributed by atoms with Crippen LogP contribution in [0.1, 0.15) is 18.1 Å². The van der Waals surface area contributed by atoms with Gasteiger partial charge in [-0.15, -0.1) is 0 Å². The number of aliphatic imine (C=N–C) groups is 1. The van der Waals surface area contributed by atoms with E-state index in [9.17, 15) is 4.79 Å². The minimum atomic E-state index is -0.541. The summed E-state index contributed by atoms with van der Waals surface area (Å²) in [5.74, 6) is 0.273. The average molecular weight is 388 g/mol. The van der Waals surface area contributed by atoms with E-state index in [4.69, 9.17) is 32.7 Å². The van der Waals surface area contributed by atoms with Crippen molar-refractivity contribution in [2.45, 2.75) is 6.92 Å². The van der Waals surface area contributed by atoms with Gasteiger partial charge in [-0.3, -0.25) is 0 Å². The fraction of sp³-hybridized carbons (Fsp3) is 0.100. The molecule has 1 aliphatic heterocycles. The number of hydrogen-bond acceptors (Lipinski definition) is 4. The van der Waals surface area contributed by atoms with Crippen molar-refractivity contribution in [1.29, 1.82) is 0 Å². The molecule has 3 rings (SSSR count). The Balaban J connectivity index is 1.91. The molecule has 0 aromatic heterocycles. The van der Waals surface area contributed by atoms with Crippen LogP contribution in [0.25, 0.3) is 6.08 Å². The Kier molecular flexibility index (Phi) is 5.45.